The SMILES string of the molecule is CC(C)NCCC(=O)N[C@H]1CC[C@@H](C(=O)O)C1. The van der Waals surface area contributed by atoms with Gasteiger partial charge in [0.2, 0.25) is 5.91 Å². The Morgan fingerprint density at radius 1 is 1.35 bits per heavy atom. The van der Waals surface area contributed by atoms with Crippen LogP contribution in [0.15, 0.2) is 0 Å². The maximum Gasteiger partial charge on any atom is 0.306 e. The zero-order valence-corrected chi connectivity index (χ0v) is 10.5. The summed E-state index contributed by atoms with van der Waals surface area (Å²) in [4.78, 5) is 22.3. The molecule has 98 valence electrons. The number of aliphatic carboxylic acids is 1. The number of rotatable bonds is 6. The lowest BCUT2D eigenvalue weighted by molar-refractivity contribution is -0.141. The van der Waals surface area contributed by atoms with Crippen LogP contribution in [-0.2, 0) is 9.59 Å². The van der Waals surface area contributed by atoms with Gasteiger partial charge in [-0.05, 0) is 19.3 Å². The molecule has 5 heteroatoms. The molecule has 1 rings (SSSR count). The number of carbonyl (C=O) groups excluding carboxylic acids is 1. The van der Waals surface area contributed by atoms with Crippen LogP contribution in [-0.4, -0.2) is 35.6 Å². The average Bonchev–Trinajstić information content (AvgIpc) is 2.65. The molecule has 0 aliphatic heterocycles. The van der Waals surface area contributed by atoms with Crippen LogP contribution in [0.2, 0.25) is 0 Å². The highest BCUT2D eigenvalue weighted by Gasteiger charge is 2.30. The van der Waals surface area contributed by atoms with E-state index in [0.29, 0.717) is 31.8 Å². The third kappa shape index (κ3) is 5.17. The first-order chi connectivity index (χ1) is 7.99. The molecule has 3 N–H and O–H groups in total. The molecule has 1 aliphatic rings. The number of carbonyl (C=O) groups is 2. The molecule has 17 heavy (non-hydrogen) atoms. The fraction of sp³-hybridized carbons (Fsp3) is 0.833. The summed E-state index contributed by atoms with van der Waals surface area (Å²) in [6.07, 6.45) is 2.47. The summed E-state index contributed by atoms with van der Waals surface area (Å²) in [5.74, 6) is -1.02. The van der Waals surface area contributed by atoms with E-state index in [4.69, 9.17) is 5.11 Å². The van der Waals surface area contributed by atoms with Crippen LogP contribution < -0.4 is 10.6 Å². The van der Waals surface area contributed by atoms with E-state index in [-0.39, 0.29) is 17.9 Å². The van der Waals surface area contributed by atoms with Gasteiger partial charge in [0, 0.05) is 25.0 Å². The van der Waals surface area contributed by atoms with Crippen molar-refractivity contribution in [1.82, 2.24) is 10.6 Å². The first-order valence-electron chi connectivity index (χ1n) is 6.24. The predicted molar refractivity (Wildman–Crippen MR) is 64.7 cm³/mol. The minimum absolute atomic E-state index is 0.00851. The van der Waals surface area contributed by atoms with Crippen LogP contribution in [0, 0.1) is 5.92 Å². The highest BCUT2D eigenvalue weighted by molar-refractivity contribution is 5.77. The second-order valence-electron chi connectivity index (χ2n) is 4.97. The summed E-state index contributed by atoms with van der Waals surface area (Å²) < 4.78 is 0. The van der Waals surface area contributed by atoms with Crippen molar-refractivity contribution < 1.29 is 14.7 Å². The van der Waals surface area contributed by atoms with E-state index in [1.807, 2.05) is 13.8 Å². The molecule has 0 radical (unpaired) electrons. The zero-order chi connectivity index (χ0) is 12.8. The summed E-state index contributed by atoms with van der Waals surface area (Å²) in [5, 5.41) is 14.9. The normalized spacial score (nSPS) is 23.9. The molecule has 0 aromatic rings. The van der Waals surface area contributed by atoms with E-state index >= 15 is 0 Å². The molecule has 1 aliphatic carbocycles. The number of nitrogens with one attached hydrogen (secondary N) is 2. The topological polar surface area (TPSA) is 78.4 Å². The first kappa shape index (κ1) is 14.0. The Bertz CT molecular complexity index is 279. The minimum Gasteiger partial charge on any atom is -0.481 e. The van der Waals surface area contributed by atoms with Gasteiger partial charge in [-0.2, -0.15) is 0 Å². The van der Waals surface area contributed by atoms with E-state index < -0.39 is 5.97 Å². The molecule has 0 aromatic carbocycles. The number of hydrogen-bond donors (Lipinski definition) is 3. The van der Waals surface area contributed by atoms with Crippen molar-refractivity contribution in [3.05, 3.63) is 0 Å². The van der Waals surface area contributed by atoms with Gasteiger partial charge in [0.05, 0.1) is 5.92 Å². The Hall–Kier alpha value is -1.10. The molecule has 5 nitrogen and oxygen atoms in total. The van der Waals surface area contributed by atoms with Gasteiger partial charge >= 0.3 is 5.97 Å². The molecular weight excluding hydrogens is 220 g/mol. The maximum absolute atomic E-state index is 11.6. The Morgan fingerprint density at radius 2 is 2.06 bits per heavy atom. The van der Waals surface area contributed by atoms with Gasteiger partial charge in [-0.25, -0.2) is 0 Å². The minimum atomic E-state index is -0.747. The van der Waals surface area contributed by atoms with Crippen molar-refractivity contribution in [2.75, 3.05) is 6.54 Å². The monoisotopic (exact) mass is 242 g/mol. The largest absolute Gasteiger partial charge is 0.481 e. The summed E-state index contributed by atoms with van der Waals surface area (Å²) in [6, 6.07) is 0.424. The van der Waals surface area contributed by atoms with Gasteiger partial charge in [0.1, 0.15) is 0 Å². The smallest absolute Gasteiger partial charge is 0.306 e. The first-order valence-corrected chi connectivity index (χ1v) is 6.24. The molecule has 1 amide bonds. The number of hydrogen-bond acceptors (Lipinski definition) is 3. The third-order valence-corrected chi connectivity index (χ3v) is 3.05. The summed E-state index contributed by atoms with van der Waals surface area (Å²) >= 11 is 0. The molecule has 0 saturated heterocycles. The van der Waals surface area contributed by atoms with Gasteiger partial charge in [0.15, 0.2) is 0 Å². The van der Waals surface area contributed by atoms with Crippen LogP contribution in [0.25, 0.3) is 0 Å². The second kappa shape index (κ2) is 6.59. The van der Waals surface area contributed by atoms with E-state index in [1.54, 1.807) is 0 Å². The van der Waals surface area contributed by atoms with E-state index in [1.165, 1.54) is 0 Å². The van der Waals surface area contributed by atoms with Gasteiger partial charge < -0.3 is 15.7 Å². The number of carboxylic acids is 1. The lowest BCUT2D eigenvalue weighted by atomic mass is 10.1. The molecule has 0 spiro atoms. The Balaban J connectivity index is 2.17. The quantitative estimate of drug-likeness (QED) is 0.642. The van der Waals surface area contributed by atoms with Crippen LogP contribution >= 0.6 is 0 Å². The molecule has 2 atom stereocenters. The molecular formula is C12H22N2O3. The lowest BCUT2D eigenvalue weighted by Crippen LogP contribution is -2.36. The Morgan fingerprint density at radius 3 is 2.59 bits per heavy atom. The second-order valence-corrected chi connectivity index (χ2v) is 4.97. The third-order valence-electron chi connectivity index (χ3n) is 3.05. The van der Waals surface area contributed by atoms with Crippen molar-refractivity contribution in [2.45, 2.75) is 51.6 Å². The fourth-order valence-electron chi connectivity index (χ4n) is 2.11. The van der Waals surface area contributed by atoms with Crippen molar-refractivity contribution >= 4 is 11.9 Å². The van der Waals surface area contributed by atoms with Gasteiger partial charge in [-0.15, -0.1) is 0 Å². The summed E-state index contributed by atoms with van der Waals surface area (Å²) in [7, 11) is 0. The van der Waals surface area contributed by atoms with E-state index in [9.17, 15) is 9.59 Å². The molecule has 1 fully saturated rings. The van der Waals surface area contributed by atoms with Crippen molar-refractivity contribution in [1.29, 1.82) is 0 Å². The van der Waals surface area contributed by atoms with E-state index in [0.717, 1.165) is 6.42 Å². The lowest BCUT2D eigenvalue weighted by Gasteiger charge is -2.13. The van der Waals surface area contributed by atoms with Gasteiger partial charge in [-0.1, -0.05) is 13.8 Å². The molecule has 0 heterocycles. The summed E-state index contributed by atoms with van der Waals surface area (Å²) in [6.45, 7) is 4.73. The number of amides is 1. The standard InChI is InChI=1S/C12H22N2O3/c1-8(2)13-6-5-11(15)14-10-4-3-9(7-10)12(16)17/h8-10,13H,3-7H2,1-2H3,(H,14,15)(H,16,17)/t9-,10+/m1/s1. The van der Waals surface area contributed by atoms with Crippen molar-refractivity contribution in [2.24, 2.45) is 5.92 Å². The predicted octanol–water partition coefficient (Wildman–Crippen LogP) is 0.744. The number of carboxylic acid groups (broad SMARTS) is 1. The Kier molecular flexibility index (Phi) is 5.41. The molecule has 0 aromatic heterocycles. The van der Waals surface area contributed by atoms with Crippen molar-refractivity contribution in [3.8, 4) is 0 Å². The molecule has 0 unspecified atom stereocenters. The zero-order valence-electron chi connectivity index (χ0n) is 10.5. The average molecular weight is 242 g/mol. The summed E-state index contributed by atoms with van der Waals surface area (Å²) in [5.41, 5.74) is 0. The van der Waals surface area contributed by atoms with Crippen LogP contribution in [0.5, 0.6) is 0 Å². The van der Waals surface area contributed by atoms with Gasteiger partial charge in [0.25, 0.3) is 0 Å². The van der Waals surface area contributed by atoms with Crippen molar-refractivity contribution in [3.63, 3.8) is 0 Å². The highest BCUT2D eigenvalue weighted by Crippen LogP contribution is 2.25. The van der Waals surface area contributed by atoms with Crippen LogP contribution in [0.3, 0.4) is 0 Å². The van der Waals surface area contributed by atoms with E-state index in [2.05, 4.69) is 10.6 Å². The molecule has 0 bridgehead atoms. The maximum atomic E-state index is 11.6. The molecule has 1 saturated carbocycles. The highest BCUT2D eigenvalue weighted by atomic mass is 16.4. The Labute approximate surface area is 102 Å². The van der Waals surface area contributed by atoms with Gasteiger partial charge in [-0.3, -0.25) is 9.59 Å². The van der Waals surface area contributed by atoms with Crippen LogP contribution in [0.1, 0.15) is 39.5 Å². The fourth-order valence-corrected chi connectivity index (χ4v) is 2.11. The van der Waals surface area contributed by atoms with Crippen LogP contribution in [0.4, 0.5) is 0 Å².